The highest BCUT2D eigenvalue weighted by Crippen LogP contribution is 2.39. The summed E-state index contributed by atoms with van der Waals surface area (Å²) in [7, 11) is 1.62. The van der Waals surface area contributed by atoms with Crippen LogP contribution in [0.4, 0.5) is 17.6 Å². The van der Waals surface area contributed by atoms with Crippen molar-refractivity contribution in [3.05, 3.63) is 87.9 Å². The highest BCUT2D eigenvalue weighted by atomic mass is 19.3. The molecule has 202 valence electrons. The number of aryl methyl sites for hydroxylation is 2. The monoisotopic (exact) mass is 537 g/mol. The van der Waals surface area contributed by atoms with Gasteiger partial charge in [0.05, 0.1) is 28.4 Å². The molecular formula is C29H27F4N5O. The second-order valence-electron chi connectivity index (χ2n) is 9.87. The number of unbranched alkanes of at least 4 members (excludes halogenated alkanes) is 1. The number of hydrogen-bond acceptors (Lipinski definition) is 5. The summed E-state index contributed by atoms with van der Waals surface area (Å²) in [4.78, 5) is 17.0. The predicted molar refractivity (Wildman–Crippen MR) is 139 cm³/mol. The van der Waals surface area contributed by atoms with Crippen molar-refractivity contribution in [3.63, 3.8) is 0 Å². The van der Waals surface area contributed by atoms with Crippen molar-refractivity contribution in [2.45, 2.75) is 57.9 Å². The Balaban J connectivity index is 1.45. The average Bonchev–Trinajstić information content (AvgIpc) is 3.18. The third kappa shape index (κ3) is 5.07. The number of aromatic nitrogens is 4. The number of alkyl halides is 2. The summed E-state index contributed by atoms with van der Waals surface area (Å²) in [5.74, 6) is -5.69. The van der Waals surface area contributed by atoms with Crippen molar-refractivity contribution in [2.75, 3.05) is 0 Å². The Kier molecular flexibility index (Phi) is 7.05. The van der Waals surface area contributed by atoms with Gasteiger partial charge in [-0.3, -0.25) is 14.5 Å². The first-order chi connectivity index (χ1) is 18.6. The van der Waals surface area contributed by atoms with Gasteiger partial charge in [0.2, 0.25) is 0 Å². The zero-order valence-electron chi connectivity index (χ0n) is 21.8. The Labute approximate surface area is 222 Å². The SMILES string of the molecule is CCCCC(=O)c1ccc(C2=NC(C)c3cc(C(F)(F)c4cc5cn(C)nc5cc4F)nnc3CC2)cc1F. The quantitative estimate of drug-likeness (QED) is 0.195. The van der Waals surface area contributed by atoms with Crippen molar-refractivity contribution in [2.24, 2.45) is 12.0 Å². The van der Waals surface area contributed by atoms with Gasteiger partial charge in [-0.15, -0.1) is 5.10 Å². The molecule has 4 aromatic rings. The molecule has 0 saturated carbocycles. The minimum atomic E-state index is -3.75. The van der Waals surface area contributed by atoms with E-state index in [1.807, 2.05) is 6.92 Å². The van der Waals surface area contributed by atoms with Crippen LogP contribution in [0.2, 0.25) is 0 Å². The average molecular weight is 538 g/mol. The molecule has 2 aromatic carbocycles. The van der Waals surface area contributed by atoms with Gasteiger partial charge in [-0.05, 0) is 56.0 Å². The molecule has 0 N–H and O–H groups in total. The van der Waals surface area contributed by atoms with E-state index >= 15 is 8.78 Å². The van der Waals surface area contributed by atoms with Crippen LogP contribution in [0.15, 0.2) is 47.6 Å². The number of ketones is 1. The maximum Gasteiger partial charge on any atom is 0.319 e. The largest absolute Gasteiger partial charge is 0.319 e. The van der Waals surface area contributed by atoms with Crippen LogP contribution in [-0.2, 0) is 19.4 Å². The summed E-state index contributed by atoms with van der Waals surface area (Å²) in [5.41, 5.74) is 0.861. The Morgan fingerprint density at radius 1 is 1.08 bits per heavy atom. The first-order valence-electron chi connectivity index (χ1n) is 12.9. The minimum Gasteiger partial charge on any atom is -0.294 e. The van der Waals surface area contributed by atoms with Gasteiger partial charge >= 0.3 is 5.92 Å². The van der Waals surface area contributed by atoms with Gasteiger partial charge in [0.15, 0.2) is 5.78 Å². The van der Waals surface area contributed by atoms with E-state index in [4.69, 9.17) is 0 Å². The van der Waals surface area contributed by atoms with Crippen molar-refractivity contribution in [1.29, 1.82) is 0 Å². The molecule has 0 radical (unpaired) electrons. The summed E-state index contributed by atoms with van der Waals surface area (Å²) in [6.07, 6.45) is 4.08. The number of hydrogen-bond donors (Lipinski definition) is 0. The molecule has 6 nitrogen and oxygen atoms in total. The van der Waals surface area contributed by atoms with Gasteiger partial charge < -0.3 is 0 Å². The lowest BCUT2D eigenvalue weighted by Gasteiger charge is -2.19. The number of halogens is 4. The van der Waals surface area contributed by atoms with Crippen LogP contribution in [0.1, 0.15) is 84.0 Å². The zero-order chi connectivity index (χ0) is 27.9. The molecular weight excluding hydrogens is 510 g/mol. The van der Waals surface area contributed by atoms with Crippen LogP contribution in [0, 0.1) is 11.6 Å². The summed E-state index contributed by atoms with van der Waals surface area (Å²) >= 11 is 0. The molecule has 1 unspecified atom stereocenters. The van der Waals surface area contributed by atoms with E-state index in [1.54, 1.807) is 20.0 Å². The summed E-state index contributed by atoms with van der Waals surface area (Å²) < 4.78 is 62.1. The molecule has 10 heteroatoms. The van der Waals surface area contributed by atoms with Crippen molar-refractivity contribution in [1.82, 2.24) is 20.0 Å². The van der Waals surface area contributed by atoms with Crippen molar-refractivity contribution >= 4 is 22.4 Å². The molecule has 2 aromatic heterocycles. The summed E-state index contributed by atoms with van der Waals surface area (Å²) in [6, 6.07) is 7.13. The number of aliphatic imine (C=N–C) groups is 1. The zero-order valence-corrected chi connectivity index (χ0v) is 21.8. The standard InChI is InChI=1S/C29H27F4N5O/c1-4-5-6-27(39)19-8-7-17(12-22(19)30)24-9-10-25-20(16(2)34-24)13-28(36-35-25)29(32,33)21-11-18-15-38(3)37-26(18)14-23(21)31/h7-8,11-16H,4-6,9-10H2,1-3H3. The molecule has 1 aliphatic heterocycles. The van der Waals surface area contributed by atoms with E-state index in [0.717, 1.165) is 18.6 Å². The van der Waals surface area contributed by atoms with Crippen molar-refractivity contribution < 1.29 is 22.4 Å². The highest BCUT2D eigenvalue weighted by molar-refractivity contribution is 6.03. The van der Waals surface area contributed by atoms with E-state index in [2.05, 4.69) is 20.3 Å². The molecule has 1 aliphatic rings. The minimum absolute atomic E-state index is 0.0483. The first-order valence-corrected chi connectivity index (χ1v) is 12.9. The Morgan fingerprint density at radius 3 is 2.62 bits per heavy atom. The fourth-order valence-corrected chi connectivity index (χ4v) is 4.91. The Hall–Kier alpha value is -3.95. The maximum atomic E-state index is 15.6. The topological polar surface area (TPSA) is 73.0 Å². The number of benzene rings is 2. The smallest absolute Gasteiger partial charge is 0.294 e. The fraction of sp³-hybridized carbons (Fsp3) is 0.345. The number of carbonyl (C=O) groups excluding carboxylic acids is 1. The number of fused-ring (bicyclic) bond motifs is 2. The van der Waals surface area contributed by atoms with E-state index in [9.17, 15) is 13.6 Å². The first kappa shape index (κ1) is 26.6. The molecule has 5 rings (SSSR count). The molecule has 1 atom stereocenters. The number of Topliss-reactive ketones (excluding diaryl/α,β-unsaturated/α-hetero) is 1. The van der Waals surface area contributed by atoms with Gasteiger partial charge in [0.25, 0.3) is 0 Å². The third-order valence-corrected chi connectivity index (χ3v) is 7.03. The van der Waals surface area contributed by atoms with Crippen LogP contribution in [0.25, 0.3) is 10.9 Å². The lowest BCUT2D eigenvalue weighted by molar-refractivity contribution is 0.0331. The lowest BCUT2D eigenvalue weighted by atomic mass is 9.98. The number of carbonyl (C=O) groups is 1. The third-order valence-electron chi connectivity index (χ3n) is 7.03. The van der Waals surface area contributed by atoms with Crippen LogP contribution < -0.4 is 0 Å². The summed E-state index contributed by atoms with van der Waals surface area (Å²) in [5, 5.41) is 12.3. The molecule has 0 amide bonds. The fourth-order valence-electron chi connectivity index (χ4n) is 4.91. The Bertz CT molecular complexity index is 1610. The molecule has 0 aliphatic carbocycles. The van der Waals surface area contributed by atoms with Gasteiger partial charge in [0, 0.05) is 42.4 Å². The normalized spacial score (nSPS) is 15.7. The van der Waals surface area contributed by atoms with Gasteiger partial charge in [-0.25, -0.2) is 8.78 Å². The van der Waals surface area contributed by atoms with Crippen LogP contribution >= 0.6 is 0 Å². The second kappa shape index (κ2) is 10.3. The summed E-state index contributed by atoms with van der Waals surface area (Å²) in [6.45, 7) is 3.69. The van der Waals surface area contributed by atoms with Crippen LogP contribution in [-0.4, -0.2) is 31.5 Å². The van der Waals surface area contributed by atoms with Crippen molar-refractivity contribution in [3.8, 4) is 0 Å². The van der Waals surface area contributed by atoms with Crippen LogP contribution in [0.5, 0.6) is 0 Å². The lowest BCUT2D eigenvalue weighted by Crippen LogP contribution is -2.21. The maximum absolute atomic E-state index is 15.6. The molecule has 0 fully saturated rings. The number of nitrogens with zero attached hydrogens (tertiary/aromatic N) is 5. The molecule has 3 heterocycles. The van der Waals surface area contributed by atoms with Gasteiger partial charge in [0.1, 0.15) is 17.3 Å². The van der Waals surface area contributed by atoms with E-state index < -0.39 is 34.9 Å². The van der Waals surface area contributed by atoms with E-state index in [0.29, 0.717) is 47.2 Å². The highest BCUT2D eigenvalue weighted by Gasteiger charge is 2.40. The van der Waals surface area contributed by atoms with E-state index in [-0.39, 0.29) is 23.3 Å². The molecule has 0 spiro atoms. The van der Waals surface area contributed by atoms with Gasteiger partial charge in [-0.2, -0.15) is 19.0 Å². The molecule has 0 bridgehead atoms. The molecule has 0 saturated heterocycles. The van der Waals surface area contributed by atoms with Gasteiger partial charge in [-0.1, -0.05) is 19.4 Å². The van der Waals surface area contributed by atoms with E-state index in [1.165, 1.54) is 29.1 Å². The number of rotatable bonds is 7. The molecule has 39 heavy (non-hydrogen) atoms. The van der Waals surface area contributed by atoms with Crippen LogP contribution in [0.3, 0.4) is 0 Å². The predicted octanol–water partition coefficient (Wildman–Crippen LogP) is 6.65. The second-order valence-corrected chi connectivity index (χ2v) is 9.87. The Morgan fingerprint density at radius 2 is 1.87 bits per heavy atom.